The zero-order chi connectivity index (χ0) is 20.4. The number of rotatable bonds is 4. The van der Waals surface area contributed by atoms with Crippen molar-refractivity contribution in [1.82, 2.24) is 9.78 Å². The summed E-state index contributed by atoms with van der Waals surface area (Å²) in [5.41, 5.74) is 3.07. The van der Waals surface area contributed by atoms with Gasteiger partial charge in [0.1, 0.15) is 12.4 Å². The average Bonchev–Trinajstić information content (AvgIpc) is 3.11. The van der Waals surface area contributed by atoms with Gasteiger partial charge in [0.05, 0.1) is 12.3 Å². The van der Waals surface area contributed by atoms with Crippen LogP contribution < -0.4 is 10.2 Å². The van der Waals surface area contributed by atoms with E-state index in [0.29, 0.717) is 24.5 Å². The third kappa shape index (κ3) is 4.02. The fraction of sp³-hybridized carbons (Fsp3) is 0.190. The van der Waals surface area contributed by atoms with Crippen molar-refractivity contribution in [2.24, 2.45) is 7.05 Å². The van der Waals surface area contributed by atoms with Gasteiger partial charge in [-0.25, -0.2) is 4.39 Å². The SMILES string of the molecule is Cn1nc(C(=O)Nc2ccc(N3CCOCC3=O)cc2)cc1-c1ccc(F)cc1. The molecule has 0 radical (unpaired) electrons. The summed E-state index contributed by atoms with van der Waals surface area (Å²) < 4.78 is 19.8. The summed E-state index contributed by atoms with van der Waals surface area (Å²) in [6.07, 6.45) is 0. The van der Waals surface area contributed by atoms with E-state index in [1.54, 1.807) is 59.1 Å². The third-order valence-corrected chi connectivity index (χ3v) is 4.68. The van der Waals surface area contributed by atoms with E-state index in [0.717, 1.165) is 11.3 Å². The number of carbonyl (C=O) groups excluding carboxylic acids is 2. The summed E-state index contributed by atoms with van der Waals surface area (Å²) in [6, 6.07) is 14.7. The number of amides is 2. The Hall–Kier alpha value is -3.52. The summed E-state index contributed by atoms with van der Waals surface area (Å²) in [4.78, 5) is 26.1. The number of hydrogen-bond donors (Lipinski definition) is 1. The summed E-state index contributed by atoms with van der Waals surface area (Å²) >= 11 is 0. The maximum absolute atomic E-state index is 13.1. The molecule has 0 atom stereocenters. The summed E-state index contributed by atoms with van der Waals surface area (Å²) in [5, 5.41) is 7.05. The molecule has 0 unspecified atom stereocenters. The Morgan fingerprint density at radius 1 is 1.14 bits per heavy atom. The normalized spacial score (nSPS) is 14.1. The van der Waals surface area contributed by atoms with E-state index >= 15 is 0 Å². The molecule has 1 aromatic heterocycles. The molecule has 2 aromatic carbocycles. The Morgan fingerprint density at radius 2 is 1.86 bits per heavy atom. The Kier molecular flexibility index (Phi) is 5.09. The van der Waals surface area contributed by atoms with Gasteiger partial charge >= 0.3 is 0 Å². The van der Waals surface area contributed by atoms with E-state index in [9.17, 15) is 14.0 Å². The average molecular weight is 394 g/mol. The van der Waals surface area contributed by atoms with Crippen molar-refractivity contribution in [3.8, 4) is 11.3 Å². The maximum atomic E-state index is 13.1. The highest BCUT2D eigenvalue weighted by Crippen LogP contribution is 2.22. The minimum Gasteiger partial charge on any atom is -0.370 e. The predicted molar refractivity (Wildman–Crippen MR) is 106 cm³/mol. The Balaban J connectivity index is 1.47. The van der Waals surface area contributed by atoms with Crippen LogP contribution >= 0.6 is 0 Å². The highest BCUT2D eigenvalue weighted by Gasteiger charge is 2.20. The van der Waals surface area contributed by atoms with Crippen molar-refractivity contribution < 1.29 is 18.7 Å². The van der Waals surface area contributed by atoms with Crippen LogP contribution in [0.5, 0.6) is 0 Å². The van der Waals surface area contributed by atoms with Crippen LogP contribution in [-0.2, 0) is 16.6 Å². The molecule has 0 saturated carbocycles. The fourth-order valence-electron chi connectivity index (χ4n) is 3.18. The molecule has 1 fully saturated rings. The lowest BCUT2D eigenvalue weighted by molar-refractivity contribution is -0.125. The van der Waals surface area contributed by atoms with Crippen molar-refractivity contribution >= 4 is 23.2 Å². The van der Waals surface area contributed by atoms with Crippen molar-refractivity contribution in [3.05, 3.63) is 66.1 Å². The van der Waals surface area contributed by atoms with E-state index in [4.69, 9.17) is 4.74 Å². The molecule has 0 aliphatic carbocycles. The zero-order valence-corrected chi connectivity index (χ0v) is 15.8. The highest BCUT2D eigenvalue weighted by atomic mass is 19.1. The van der Waals surface area contributed by atoms with Gasteiger partial charge in [0, 0.05) is 25.0 Å². The molecule has 4 rings (SSSR count). The van der Waals surface area contributed by atoms with Gasteiger partial charge < -0.3 is 15.0 Å². The van der Waals surface area contributed by atoms with Crippen LogP contribution in [0.2, 0.25) is 0 Å². The Morgan fingerprint density at radius 3 is 2.55 bits per heavy atom. The minimum atomic E-state index is -0.357. The zero-order valence-electron chi connectivity index (χ0n) is 15.8. The van der Waals surface area contributed by atoms with Gasteiger partial charge in [-0.3, -0.25) is 14.3 Å². The van der Waals surface area contributed by atoms with Crippen LogP contribution in [0.4, 0.5) is 15.8 Å². The number of morpholine rings is 1. The van der Waals surface area contributed by atoms with Gasteiger partial charge in [-0.1, -0.05) is 0 Å². The molecule has 0 bridgehead atoms. The van der Waals surface area contributed by atoms with E-state index in [1.807, 2.05) is 0 Å². The summed E-state index contributed by atoms with van der Waals surface area (Å²) in [6.45, 7) is 1.08. The third-order valence-electron chi connectivity index (χ3n) is 4.68. The van der Waals surface area contributed by atoms with Gasteiger partial charge in [0.2, 0.25) is 0 Å². The van der Waals surface area contributed by atoms with Crippen LogP contribution in [0, 0.1) is 5.82 Å². The molecule has 3 aromatic rings. The lowest BCUT2D eigenvalue weighted by Gasteiger charge is -2.26. The predicted octanol–water partition coefficient (Wildman–Crippen LogP) is 2.84. The smallest absolute Gasteiger partial charge is 0.276 e. The maximum Gasteiger partial charge on any atom is 0.276 e. The van der Waals surface area contributed by atoms with Crippen LogP contribution in [-0.4, -0.2) is 41.4 Å². The first-order chi connectivity index (χ1) is 14.0. The number of nitrogens with one attached hydrogen (secondary N) is 1. The van der Waals surface area contributed by atoms with Gasteiger partial charge in [-0.2, -0.15) is 5.10 Å². The molecule has 148 valence electrons. The van der Waals surface area contributed by atoms with Crippen LogP contribution in [0.25, 0.3) is 11.3 Å². The molecule has 2 amide bonds. The molecule has 0 spiro atoms. The summed E-state index contributed by atoms with van der Waals surface area (Å²) in [7, 11) is 1.73. The van der Waals surface area contributed by atoms with E-state index in [-0.39, 0.29) is 29.9 Å². The first kappa shape index (κ1) is 18.8. The van der Waals surface area contributed by atoms with Crippen molar-refractivity contribution in [1.29, 1.82) is 0 Å². The monoisotopic (exact) mass is 394 g/mol. The minimum absolute atomic E-state index is 0.0779. The van der Waals surface area contributed by atoms with Gasteiger partial charge in [0.25, 0.3) is 11.8 Å². The topological polar surface area (TPSA) is 76.5 Å². The van der Waals surface area contributed by atoms with Crippen molar-refractivity contribution in [2.75, 3.05) is 30.0 Å². The second kappa shape index (κ2) is 7.84. The van der Waals surface area contributed by atoms with E-state index in [2.05, 4.69) is 10.4 Å². The molecular weight excluding hydrogens is 375 g/mol. The number of benzene rings is 2. The van der Waals surface area contributed by atoms with Crippen LogP contribution in [0.1, 0.15) is 10.5 Å². The largest absolute Gasteiger partial charge is 0.370 e. The Bertz CT molecular complexity index is 1040. The molecule has 1 N–H and O–H groups in total. The standard InChI is InChI=1S/C21H19FN4O3/c1-25-19(14-2-4-15(22)5-3-14)12-18(24-25)21(28)23-16-6-8-17(9-7-16)26-10-11-29-13-20(26)27/h2-9,12H,10-11,13H2,1H3,(H,23,28). The first-order valence-electron chi connectivity index (χ1n) is 9.11. The first-order valence-corrected chi connectivity index (χ1v) is 9.11. The van der Waals surface area contributed by atoms with Gasteiger partial charge in [-0.15, -0.1) is 0 Å². The lowest BCUT2D eigenvalue weighted by atomic mass is 10.1. The van der Waals surface area contributed by atoms with E-state index < -0.39 is 0 Å². The number of aromatic nitrogens is 2. The molecule has 8 heteroatoms. The van der Waals surface area contributed by atoms with Gasteiger partial charge in [-0.05, 0) is 60.2 Å². The number of anilines is 2. The van der Waals surface area contributed by atoms with Crippen LogP contribution in [0.15, 0.2) is 54.6 Å². The molecule has 1 aliphatic rings. The second-order valence-electron chi connectivity index (χ2n) is 6.64. The summed E-state index contributed by atoms with van der Waals surface area (Å²) in [5.74, 6) is -0.768. The number of halogens is 1. The quantitative estimate of drug-likeness (QED) is 0.738. The number of aryl methyl sites for hydroxylation is 1. The molecule has 2 heterocycles. The molecule has 1 saturated heterocycles. The molecular formula is C21H19FN4O3. The fourth-order valence-corrected chi connectivity index (χ4v) is 3.18. The highest BCUT2D eigenvalue weighted by molar-refractivity contribution is 6.03. The second-order valence-corrected chi connectivity index (χ2v) is 6.64. The number of hydrogen-bond acceptors (Lipinski definition) is 4. The van der Waals surface area contributed by atoms with Crippen molar-refractivity contribution in [2.45, 2.75) is 0 Å². The lowest BCUT2D eigenvalue weighted by Crippen LogP contribution is -2.41. The van der Waals surface area contributed by atoms with E-state index in [1.165, 1.54) is 12.1 Å². The molecule has 7 nitrogen and oxygen atoms in total. The Labute approximate surface area is 166 Å². The van der Waals surface area contributed by atoms with Crippen molar-refractivity contribution in [3.63, 3.8) is 0 Å². The van der Waals surface area contributed by atoms with Gasteiger partial charge in [0.15, 0.2) is 5.69 Å². The number of nitrogens with zero attached hydrogens (tertiary/aromatic N) is 3. The molecule has 29 heavy (non-hydrogen) atoms. The molecule has 1 aliphatic heterocycles. The number of carbonyl (C=O) groups is 2. The number of ether oxygens (including phenoxy) is 1. The van der Waals surface area contributed by atoms with Crippen LogP contribution in [0.3, 0.4) is 0 Å².